The Kier molecular flexibility index (Phi) is 8.30. The Morgan fingerprint density at radius 1 is 1.14 bits per heavy atom. The minimum atomic E-state index is 0.908. The maximum absolute atomic E-state index is 4.52. The summed E-state index contributed by atoms with van der Waals surface area (Å²) < 4.78 is 0. The first-order chi connectivity index (χ1) is 6.79. The highest BCUT2D eigenvalue weighted by Gasteiger charge is 2.04. The minimum absolute atomic E-state index is 0.908. The van der Waals surface area contributed by atoms with Gasteiger partial charge in [0, 0.05) is 19.6 Å². The van der Waals surface area contributed by atoms with Crippen LogP contribution in [0, 0.1) is 0 Å². The van der Waals surface area contributed by atoms with Crippen LogP contribution in [0.15, 0.2) is 17.6 Å². The van der Waals surface area contributed by atoms with Crippen LogP contribution in [0.25, 0.3) is 0 Å². The van der Waals surface area contributed by atoms with E-state index in [1.54, 1.807) is 0 Å². The van der Waals surface area contributed by atoms with Crippen molar-refractivity contribution >= 4 is 5.84 Å². The molecule has 2 heteroatoms. The van der Waals surface area contributed by atoms with Crippen LogP contribution in [0.1, 0.15) is 40.0 Å². The van der Waals surface area contributed by atoms with Gasteiger partial charge in [0.2, 0.25) is 0 Å². The van der Waals surface area contributed by atoms with Crippen LogP contribution in [0.5, 0.6) is 0 Å². The lowest BCUT2D eigenvalue weighted by Crippen LogP contribution is -2.31. The lowest BCUT2D eigenvalue weighted by molar-refractivity contribution is 0.417. The summed E-state index contributed by atoms with van der Waals surface area (Å²) in [6.45, 7) is 13.4. The van der Waals surface area contributed by atoms with Crippen molar-refractivity contribution in [3.63, 3.8) is 0 Å². The molecule has 82 valence electrons. The second kappa shape index (κ2) is 8.79. The predicted octanol–water partition coefficient (Wildman–Crippen LogP) is 3.10. The van der Waals surface area contributed by atoms with Crippen LogP contribution >= 0.6 is 0 Å². The molecule has 0 aliphatic carbocycles. The van der Waals surface area contributed by atoms with Crippen molar-refractivity contribution < 1.29 is 0 Å². The topological polar surface area (TPSA) is 15.6 Å². The Bertz CT molecular complexity index is 167. The van der Waals surface area contributed by atoms with E-state index in [4.69, 9.17) is 0 Å². The number of aliphatic imine (C=N–C) groups is 1. The van der Waals surface area contributed by atoms with Gasteiger partial charge in [-0.1, -0.05) is 27.4 Å². The van der Waals surface area contributed by atoms with Gasteiger partial charge in [-0.3, -0.25) is 4.99 Å². The molecule has 0 radical (unpaired) electrons. The number of nitrogens with zero attached hydrogens (tertiary/aromatic N) is 2. The van der Waals surface area contributed by atoms with Crippen molar-refractivity contribution in [2.24, 2.45) is 4.99 Å². The molecule has 0 bridgehead atoms. The highest BCUT2D eigenvalue weighted by Crippen LogP contribution is 1.99. The van der Waals surface area contributed by atoms with E-state index in [0.717, 1.165) is 31.9 Å². The highest BCUT2D eigenvalue weighted by molar-refractivity contribution is 5.92. The summed E-state index contributed by atoms with van der Waals surface area (Å²) in [6, 6.07) is 0. The first-order valence-corrected chi connectivity index (χ1v) is 5.71. The second-order valence-corrected chi connectivity index (χ2v) is 3.43. The monoisotopic (exact) mass is 196 g/mol. The highest BCUT2D eigenvalue weighted by atomic mass is 15.2. The van der Waals surface area contributed by atoms with E-state index < -0.39 is 0 Å². The molecule has 0 heterocycles. The number of rotatable bonds is 7. The van der Waals surface area contributed by atoms with E-state index in [-0.39, 0.29) is 0 Å². The lowest BCUT2D eigenvalue weighted by atomic mass is 10.3. The fraction of sp³-hybridized carbons (Fsp3) is 0.750. The smallest absolute Gasteiger partial charge is 0.122 e. The third-order valence-corrected chi connectivity index (χ3v) is 1.99. The van der Waals surface area contributed by atoms with E-state index in [1.807, 2.05) is 6.08 Å². The SMILES string of the molecule is C=CC(=NCCC)N(CCC)CCC. The van der Waals surface area contributed by atoms with Crippen molar-refractivity contribution in [2.75, 3.05) is 19.6 Å². The third kappa shape index (κ3) is 5.05. The third-order valence-electron chi connectivity index (χ3n) is 1.99. The predicted molar refractivity (Wildman–Crippen MR) is 64.9 cm³/mol. The zero-order valence-corrected chi connectivity index (χ0v) is 9.92. The van der Waals surface area contributed by atoms with Gasteiger partial charge in [-0.15, -0.1) is 0 Å². The minimum Gasteiger partial charge on any atom is -0.357 e. The molecule has 0 saturated heterocycles. The molecule has 0 aliphatic heterocycles. The van der Waals surface area contributed by atoms with Crippen LogP contribution in [-0.2, 0) is 0 Å². The van der Waals surface area contributed by atoms with Gasteiger partial charge in [0.1, 0.15) is 5.84 Å². The standard InChI is InChI=1S/C12H24N2/c1-5-9-13-12(8-4)14(10-6-2)11-7-3/h8H,4-7,9-11H2,1-3H3. The molecule has 0 aliphatic rings. The molecular weight excluding hydrogens is 172 g/mol. The van der Waals surface area contributed by atoms with Crippen LogP contribution in [0.2, 0.25) is 0 Å². The molecule has 0 aromatic rings. The Balaban J connectivity index is 4.31. The van der Waals surface area contributed by atoms with E-state index >= 15 is 0 Å². The van der Waals surface area contributed by atoms with Crippen LogP contribution in [0.3, 0.4) is 0 Å². The molecule has 0 saturated carbocycles. The van der Waals surface area contributed by atoms with Gasteiger partial charge in [-0.05, 0) is 25.3 Å². The van der Waals surface area contributed by atoms with Gasteiger partial charge in [0.05, 0.1) is 0 Å². The lowest BCUT2D eigenvalue weighted by Gasteiger charge is -2.23. The summed E-state index contributed by atoms with van der Waals surface area (Å²) in [5, 5.41) is 0. The van der Waals surface area contributed by atoms with Gasteiger partial charge < -0.3 is 4.90 Å². The van der Waals surface area contributed by atoms with Gasteiger partial charge in [0.15, 0.2) is 0 Å². The molecule has 0 amide bonds. The van der Waals surface area contributed by atoms with Crippen molar-refractivity contribution in [3.05, 3.63) is 12.7 Å². The van der Waals surface area contributed by atoms with E-state index in [2.05, 4.69) is 37.2 Å². The Morgan fingerprint density at radius 2 is 1.71 bits per heavy atom. The van der Waals surface area contributed by atoms with Crippen LogP contribution in [-0.4, -0.2) is 30.4 Å². The van der Waals surface area contributed by atoms with Crippen molar-refractivity contribution in [2.45, 2.75) is 40.0 Å². The summed E-state index contributed by atoms with van der Waals surface area (Å²) in [4.78, 5) is 6.84. The fourth-order valence-corrected chi connectivity index (χ4v) is 1.40. The van der Waals surface area contributed by atoms with Crippen molar-refractivity contribution in [1.29, 1.82) is 0 Å². The average molecular weight is 196 g/mol. The summed E-state index contributed by atoms with van der Waals surface area (Å²) >= 11 is 0. The molecule has 0 N–H and O–H groups in total. The summed E-state index contributed by atoms with van der Waals surface area (Å²) in [5.41, 5.74) is 0. The number of hydrogen-bond acceptors (Lipinski definition) is 1. The normalized spacial score (nSPS) is 11.5. The van der Waals surface area contributed by atoms with E-state index in [9.17, 15) is 0 Å². The Morgan fingerprint density at radius 3 is 2.07 bits per heavy atom. The molecular formula is C12H24N2. The Hall–Kier alpha value is -0.790. The largest absolute Gasteiger partial charge is 0.357 e. The summed E-state index contributed by atoms with van der Waals surface area (Å²) in [5.74, 6) is 1.07. The Labute approximate surface area is 88.7 Å². The molecule has 2 nitrogen and oxygen atoms in total. The molecule has 0 fully saturated rings. The summed E-state index contributed by atoms with van der Waals surface area (Å²) in [7, 11) is 0. The molecule has 0 aromatic heterocycles. The van der Waals surface area contributed by atoms with Gasteiger partial charge in [-0.2, -0.15) is 0 Å². The number of amidine groups is 1. The van der Waals surface area contributed by atoms with Crippen molar-refractivity contribution in [3.8, 4) is 0 Å². The number of hydrogen-bond donors (Lipinski definition) is 0. The molecule has 0 aromatic carbocycles. The fourth-order valence-electron chi connectivity index (χ4n) is 1.40. The van der Waals surface area contributed by atoms with Crippen LogP contribution < -0.4 is 0 Å². The molecule has 0 rings (SSSR count). The first kappa shape index (κ1) is 13.2. The van der Waals surface area contributed by atoms with Gasteiger partial charge in [0.25, 0.3) is 0 Å². The van der Waals surface area contributed by atoms with Gasteiger partial charge in [-0.25, -0.2) is 0 Å². The quantitative estimate of drug-likeness (QED) is 0.451. The van der Waals surface area contributed by atoms with Crippen molar-refractivity contribution in [1.82, 2.24) is 4.90 Å². The molecule has 14 heavy (non-hydrogen) atoms. The second-order valence-electron chi connectivity index (χ2n) is 3.43. The van der Waals surface area contributed by atoms with Crippen LogP contribution in [0.4, 0.5) is 0 Å². The zero-order valence-electron chi connectivity index (χ0n) is 9.92. The molecule has 0 atom stereocenters. The maximum Gasteiger partial charge on any atom is 0.122 e. The average Bonchev–Trinajstić information content (AvgIpc) is 2.19. The zero-order chi connectivity index (χ0) is 10.8. The van der Waals surface area contributed by atoms with Gasteiger partial charge >= 0.3 is 0 Å². The molecule has 0 unspecified atom stereocenters. The first-order valence-electron chi connectivity index (χ1n) is 5.71. The van der Waals surface area contributed by atoms with E-state index in [0.29, 0.717) is 0 Å². The summed E-state index contributed by atoms with van der Waals surface area (Å²) in [6.07, 6.45) is 5.31. The maximum atomic E-state index is 4.52. The van der Waals surface area contributed by atoms with E-state index in [1.165, 1.54) is 12.8 Å². The molecule has 0 spiro atoms.